The predicted octanol–water partition coefficient (Wildman–Crippen LogP) is 3.95. The Bertz CT molecular complexity index is 871. The third kappa shape index (κ3) is 2.86. The maximum atomic E-state index is 12.3. The zero-order valence-corrected chi connectivity index (χ0v) is 14.5. The Balaban J connectivity index is 2.18. The van der Waals surface area contributed by atoms with E-state index in [2.05, 4.69) is 17.9 Å². The smallest absolute Gasteiger partial charge is 0.266 e. The second-order valence-corrected chi connectivity index (χ2v) is 6.24. The molecule has 0 spiro atoms. The molecule has 1 heterocycles. The first-order valence-corrected chi connectivity index (χ1v) is 8.10. The van der Waals surface area contributed by atoms with Crippen molar-refractivity contribution >= 4 is 35.8 Å². The third-order valence-corrected chi connectivity index (χ3v) is 4.61. The van der Waals surface area contributed by atoms with Gasteiger partial charge in [0.1, 0.15) is 17.8 Å². The number of thiol groups is 1. The summed E-state index contributed by atoms with van der Waals surface area (Å²) in [7, 11) is 0. The standard InChI is InChI=1S/C18H14ClN3OS/c1-11-6-8-12(9-7-11)22-16(13-4-2-3-5-15(13)19)21-17(23)14(10-20)18(22)24/h2-9,16,24H,1H3,(H,21,23)/t16-/m1/s1. The fourth-order valence-corrected chi connectivity index (χ4v) is 3.22. The summed E-state index contributed by atoms with van der Waals surface area (Å²) < 4.78 is 0. The van der Waals surface area contributed by atoms with E-state index in [1.165, 1.54) is 0 Å². The first-order valence-electron chi connectivity index (χ1n) is 7.27. The number of carbonyl (C=O) groups excluding carboxylic acids is 1. The van der Waals surface area contributed by atoms with Gasteiger partial charge in [0.15, 0.2) is 0 Å². The Hall–Kier alpha value is -2.42. The third-order valence-electron chi connectivity index (χ3n) is 3.83. The summed E-state index contributed by atoms with van der Waals surface area (Å²) in [5.41, 5.74) is 2.63. The fourth-order valence-electron chi connectivity index (χ4n) is 2.60. The summed E-state index contributed by atoms with van der Waals surface area (Å²) in [6.07, 6.45) is -0.543. The summed E-state index contributed by atoms with van der Waals surface area (Å²) in [5.74, 6) is -0.462. The van der Waals surface area contributed by atoms with Crippen molar-refractivity contribution in [3.8, 4) is 6.07 Å². The molecule has 1 aliphatic rings. The molecule has 2 aromatic rings. The average molecular weight is 356 g/mol. The van der Waals surface area contributed by atoms with Crippen LogP contribution >= 0.6 is 24.2 Å². The van der Waals surface area contributed by atoms with Gasteiger partial charge in [-0.2, -0.15) is 5.26 Å². The molecule has 0 saturated carbocycles. The van der Waals surface area contributed by atoms with Gasteiger partial charge < -0.3 is 10.2 Å². The van der Waals surface area contributed by atoms with Gasteiger partial charge >= 0.3 is 0 Å². The van der Waals surface area contributed by atoms with Crippen LogP contribution in [0.2, 0.25) is 5.02 Å². The molecule has 3 rings (SSSR count). The van der Waals surface area contributed by atoms with Crippen LogP contribution in [0.3, 0.4) is 0 Å². The molecule has 0 aliphatic carbocycles. The summed E-state index contributed by atoms with van der Waals surface area (Å²) >= 11 is 10.8. The molecule has 1 N–H and O–H groups in total. The lowest BCUT2D eigenvalue weighted by atomic mass is 10.1. The number of rotatable bonds is 2. The number of benzene rings is 2. The Morgan fingerprint density at radius 2 is 1.88 bits per heavy atom. The Morgan fingerprint density at radius 1 is 1.21 bits per heavy atom. The highest BCUT2D eigenvalue weighted by Gasteiger charge is 2.34. The summed E-state index contributed by atoms with van der Waals surface area (Å²) in [5, 5.41) is 13.0. The van der Waals surface area contributed by atoms with Gasteiger partial charge in [0.2, 0.25) is 0 Å². The molecular weight excluding hydrogens is 342 g/mol. The van der Waals surface area contributed by atoms with Crippen molar-refractivity contribution in [1.82, 2.24) is 5.32 Å². The normalized spacial score (nSPS) is 17.5. The first kappa shape index (κ1) is 16.4. The van der Waals surface area contributed by atoms with E-state index in [9.17, 15) is 10.1 Å². The number of hydrogen-bond donors (Lipinski definition) is 2. The van der Waals surface area contributed by atoms with Crippen LogP contribution in [-0.2, 0) is 4.79 Å². The van der Waals surface area contributed by atoms with Crippen LogP contribution in [-0.4, -0.2) is 5.91 Å². The largest absolute Gasteiger partial charge is 0.327 e. The van der Waals surface area contributed by atoms with E-state index in [0.717, 1.165) is 16.8 Å². The highest BCUT2D eigenvalue weighted by Crippen LogP contribution is 2.37. The van der Waals surface area contributed by atoms with Crippen LogP contribution < -0.4 is 10.2 Å². The van der Waals surface area contributed by atoms with Gasteiger partial charge in [0, 0.05) is 16.3 Å². The molecule has 0 bridgehead atoms. The SMILES string of the molecule is Cc1ccc(N2C(S)=C(C#N)C(=O)N[C@H]2c2ccccc2Cl)cc1. The second kappa shape index (κ2) is 6.60. The molecular formula is C18H14ClN3OS. The Labute approximate surface area is 150 Å². The number of amides is 1. The van der Waals surface area contributed by atoms with E-state index in [1.807, 2.05) is 55.5 Å². The van der Waals surface area contributed by atoms with Crippen LogP contribution in [0.5, 0.6) is 0 Å². The van der Waals surface area contributed by atoms with Crippen molar-refractivity contribution in [1.29, 1.82) is 5.26 Å². The van der Waals surface area contributed by atoms with Crippen LogP contribution in [0.25, 0.3) is 0 Å². The van der Waals surface area contributed by atoms with Crippen molar-refractivity contribution in [2.75, 3.05) is 4.90 Å². The van der Waals surface area contributed by atoms with Crippen LogP contribution in [0.4, 0.5) is 5.69 Å². The molecule has 2 aromatic carbocycles. The minimum Gasteiger partial charge on any atom is -0.327 e. The van der Waals surface area contributed by atoms with Gasteiger partial charge in [-0.3, -0.25) is 4.79 Å². The maximum absolute atomic E-state index is 12.3. The maximum Gasteiger partial charge on any atom is 0.266 e. The monoisotopic (exact) mass is 355 g/mol. The van der Waals surface area contributed by atoms with Crippen LogP contribution in [0.15, 0.2) is 59.1 Å². The Kier molecular flexibility index (Phi) is 4.52. The lowest BCUT2D eigenvalue weighted by Gasteiger charge is -2.38. The summed E-state index contributed by atoms with van der Waals surface area (Å²) in [4.78, 5) is 14.0. The molecule has 0 aromatic heterocycles. The molecule has 120 valence electrons. The molecule has 0 radical (unpaired) electrons. The van der Waals surface area contributed by atoms with Crippen LogP contribution in [0.1, 0.15) is 17.3 Å². The molecule has 0 unspecified atom stereocenters. The van der Waals surface area contributed by atoms with Gasteiger partial charge in [0.25, 0.3) is 5.91 Å². The summed E-state index contributed by atoms with van der Waals surface area (Å²) in [6, 6.07) is 17.0. The molecule has 0 saturated heterocycles. The van der Waals surface area contributed by atoms with Crippen molar-refractivity contribution in [2.45, 2.75) is 13.1 Å². The first-order chi connectivity index (χ1) is 11.5. The summed E-state index contributed by atoms with van der Waals surface area (Å²) in [6.45, 7) is 1.99. The fraction of sp³-hybridized carbons (Fsp3) is 0.111. The molecule has 6 heteroatoms. The zero-order chi connectivity index (χ0) is 17.3. The van der Waals surface area contributed by atoms with E-state index < -0.39 is 12.1 Å². The van der Waals surface area contributed by atoms with E-state index in [0.29, 0.717) is 10.1 Å². The molecule has 4 nitrogen and oxygen atoms in total. The van der Waals surface area contributed by atoms with Crippen LogP contribution in [0, 0.1) is 18.3 Å². The van der Waals surface area contributed by atoms with E-state index >= 15 is 0 Å². The Morgan fingerprint density at radius 3 is 2.50 bits per heavy atom. The lowest BCUT2D eigenvalue weighted by Crippen LogP contribution is -2.46. The average Bonchev–Trinajstić information content (AvgIpc) is 2.56. The molecule has 1 atom stereocenters. The number of hydrogen-bond acceptors (Lipinski definition) is 4. The zero-order valence-electron chi connectivity index (χ0n) is 12.8. The number of nitrogens with zero attached hydrogens (tertiary/aromatic N) is 2. The number of nitriles is 1. The number of carbonyl (C=O) groups is 1. The van der Waals surface area contributed by atoms with Gasteiger partial charge in [-0.1, -0.05) is 47.5 Å². The van der Waals surface area contributed by atoms with Gasteiger partial charge in [-0.25, -0.2) is 0 Å². The molecule has 24 heavy (non-hydrogen) atoms. The molecule has 1 aliphatic heterocycles. The van der Waals surface area contributed by atoms with E-state index in [-0.39, 0.29) is 5.57 Å². The van der Waals surface area contributed by atoms with E-state index in [4.69, 9.17) is 11.6 Å². The topological polar surface area (TPSA) is 56.1 Å². The minimum absolute atomic E-state index is 0.0257. The number of nitrogens with one attached hydrogen (secondary N) is 1. The molecule has 0 fully saturated rings. The number of anilines is 1. The predicted molar refractivity (Wildman–Crippen MR) is 97.6 cm³/mol. The number of aryl methyl sites for hydroxylation is 1. The number of halogens is 1. The van der Waals surface area contributed by atoms with E-state index in [1.54, 1.807) is 11.0 Å². The second-order valence-electron chi connectivity index (χ2n) is 5.41. The van der Waals surface area contributed by atoms with Crippen molar-refractivity contribution in [3.05, 3.63) is 75.3 Å². The quantitative estimate of drug-likeness (QED) is 0.802. The molecule has 1 amide bonds. The lowest BCUT2D eigenvalue weighted by molar-refractivity contribution is -0.118. The highest BCUT2D eigenvalue weighted by atomic mass is 35.5. The van der Waals surface area contributed by atoms with Gasteiger partial charge in [-0.15, -0.1) is 12.6 Å². The van der Waals surface area contributed by atoms with Crippen molar-refractivity contribution in [2.24, 2.45) is 0 Å². The van der Waals surface area contributed by atoms with Gasteiger partial charge in [0.05, 0.1) is 5.03 Å². The van der Waals surface area contributed by atoms with Gasteiger partial charge in [-0.05, 0) is 25.1 Å². The van der Waals surface area contributed by atoms with Crippen molar-refractivity contribution in [3.63, 3.8) is 0 Å². The highest BCUT2D eigenvalue weighted by molar-refractivity contribution is 7.84. The van der Waals surface area contributed by atoms with Crippen molar-refractivity contribution < 1.29 is 4.79 Å². The minimum atomic E-state index is -0.543.